The number of hydrogen-bond acceptors (Lipinski definition) is 7. The van der Waals surface area contributed by atoms with E-state index in [2.05, 4.69) is 50.8 Å². The van der Waals surface area contributed by atoms with Gasteiger partial charge in [-0.05, 0) is 63.6 Å². The summed E-state index contributed by atoms with van der Waals surface area (Å²) in [7, 11) is 0. The standard InChI is InChI=1S/C23H29N5O2/c1-22(6-7-22)30-16-3-4-18-17(13-16)21(27-26-18)19-14-20(25-15-24-19)28-10-8-23(9-11-28)5-2-12-29-23/h3-4,13-15,21,26-27H,2,5-12H2,1H3/t21-/m1/s1. The average Bonchev–Trinajstić information content (AvgIpc) is 3.15. The first-order valence-electron chi connectivity index (χ1n) is 11.2. The minimum atomic E-state index is -0.0217. The Morgan fingerprint density at radius 1 is 1.10 bits per heavy atom. The van der Waals surface area contributed by atoms with Crippen molar-refractivity contribution in [2.75, 3.05) is 30.0 Å². The van der Waals surface area contributed by atoms with Gasteiger partial charge in [0.15, 0.2) is 0 Å². The summed E-state index contributed by atoms with van der Waals surface area (Å²) in [5.74, 6) is 1.93. The van der Waals surface area contributed by atoms with Crippen LogP contribution in [0.1, 0.15) is 62.7 Å². The first-order chi connectivity index (χ1) is 14.6. The number of ether oxygens (including phenoxy) is 2. The van der Waals surface area contributed by atoms with Crippen LogP contribution in [0.15, 0.2) is 30.6 Å². The van der Waals surface area contributed by atoms with E-state index in [0.717, 1.165) is 68.3 Å². The predicted molar refractivity (Wildman–Crippen MR) is 115 cm³/mol. The van der Waals surface area contributed by atoms with Crippen LogP contribution in [-0.2, 0) is 4.74 Å². The fraction of sp³-hybridized carbons (Fsp3) is 0.565. The van der Waals surface area contributed by atoms with Gasteiger partial charge in [0.05, 0.1) is 23.0 Å². The number of nitrogens with zero attached hydrogens (tertiary/aromatic N) is 3. The zero-order valence-corrected chi connectivity index (χ0v) is 17.5. The largest absolute Gasteiger partial charge is 0.488 e. The van der Waals surface area contributed by atoms with Gasteiger partial charge >= 0.3 is 0 Å². The predicted octanol–water partition coefficient (Wildman–Crippen LogP) is 3.58. The molecule has 2 N–H and O–H groups in total. The van der Waals surface area contributed by atoms with Gasteiger partial charge in [-0.3, -0.25) is 0 Å². The summed E-state index contributed by atoms with van der Waals surface area (Å²) in [4.78, 5) is 11.5. The fourth-order valence-electron chi connectivity index (χ4n) is 4.97. The molecule has 1 atom stereocenters. The highest BCUT2D eigenvalue weighted by Gasteiger charge is 2.41. The van der Waals surface area contributed by atoms with Crippen molar-refractivity contribution in [3.05, 3.63) is 41.9 Å². The monoisotopic (exact) mass is 407 g/mol. The van der Waals surface area contributed by atoms with E-state index in [-0.39, 0.29) is 17.2 Å². The molecule has 0 bridgehead atoms. The number of hydrazine groups is 1. The van der Waals surface area contributed by atoms with Gasteiger partial charge in [-0.15, -0.1) is 0 Å². The number of fused-ring (bicyclic) bond motifs is 1. The normalized spacial score (nSPS) is 25.8. The quantitative estimate of drug-likeness (QED) is 0.803. The van der Waals surface area contributed by atoms with Gasteiger partial charge in [-0.2, -0.15) is 0 Å². The summed E-state index contributed by atoms with van der Waals surface area (Å²) in [6, 6.07) is 8.36. The Balaban J connectivity index is 1.22. The molecule has 0 unspecified atom stereocenters. The van der Waals surface area contributed by atoms with Gasteiger partial charge in [-0.25, -0.2) is 15.4 Å². The highest BCUT2D eigenvalue weighted by Crippen LogP contribution is 2.42. The fourth-order valence-corrected chi connectivity index (χ4v) is 4.97. The molecule has 4 heterocycles. The summed E-state index contributed by atoms with van der Waals surface area (Å²) in [6.07, 6.45) is 8.50. The molecule has 3 aliphatic heterocycles. The molecule has 6 rings (SSSR count). The molecule has 0 amide bonds. The van der Waals surface area contributed by atoms with Crippen LogP contribution in [-0.4, -0.2) is 40.9 Å². The van der Waals surface area contributed by atoms with Crippen molar-refractivity contribution in [3.63, 3.8) is 0 Å². The molecule has 1 saturated carbocycles. The highest BCUT2D eigenvalue weighted by molar-refractivity contribution is 5.61. The Morgan fingerprint density at radius 3 is 2.73 bits per heavy atom. The summed E-state index contributed by atoms with van der Waals surface area (Å²) >= 11 is 0. The molecular formula is C23H29N5O2. The third kappa shape index (κ3) is 3.30. The van der Waals surface area contributed by atoms with Crippen LogP contribution in [0.4, 0.5) is 11.5 Å². The second kappa shape index (κ2) is 6.82. The molecule has 7 nitrogen and oxygen atoms in total. The van der Waals surface area contributed by atoms with Crippen molar-refractivity contribution in [1.82, 2.24) is 15.4 Å². The van der Waals surface area contributed by atoms with Crippen LogP contribution in [0.2, 0.25) is 0 Å². The molecule has 2 aromatic rings. The summed E-state index contributed by atoms with van der Waals surface area (Å²) in [5.41, 5.74) is 10.0. The van der Waals surface area contributed by atoms with Gasteiger partial charge in [0.25, 0.3) is 0 Å². The first-order valence-corrected chi connectivity index (χ1v) is 11.2. The molecule has 1 spiro atoms. The molecule has 1 aromatic heterocycles. The molecule has 0 radical (unpaired) electrons. The number of nitrogens with one attached hydrogen (secondary N) is 2. The average molecular weight is 408 g/mol. The third-order valence-corrected chi connectivity index (χ3v) is 7.16. The molecule has 2 saturated heterocycles. The number of rotatable bonds is 4. The van der Waals surface area contributed by atoms with Crippen LogP contribution in [0, 0.1) is 0 Å². The van der Waals surface area contributed by atoms with Crippen molar-refractivity contribution < 1.29 is 9.47 Å². The second-order valence-electron chi connectivity index (χ2n) is 9.43. The number of anilines is 2. The van der Waals surface area contributed by atoms with Gasteiger partial charge < -0.3 is 19.8 Å². The molecular weight excluding hydrogens is 378 g/mol. The van der Waals surface area contributed by atoms with E-state index in [9.17, 15) is 0 Å². The minimum absolute atomic E-state index is 0.0138. The van der Waals surface area contributed by atoms with E-state index in [0.29, 0.717) is 0 Å². The summed E-state index contributed by atoms with van der Waals surface area (Å²) < 4.78 is 12.2. The highest BCUT2D eigenvalue weighted by atomic mass is 16.5. The molecule has 1 aliphatic carbocycles. The molecule has 158 valence electrons. The van der Waals surface area contributed by atoms with Crippen molar-refractivity contribution in [2.24, 2.45) is 0 Å². The van der Waals surface area contributed by atoms with Crippen molar-refractivity contribution in [1.29, 1.82) is 0 Å². The molecule has 3 fully saturated rings. The van der Waals surface area contributed by atoms with E-state index < -0.39 is 0 Å². The lowest BCUT2D eigenvalue weighted by atomic mass is 9.88. The lowest BCUT2D eigenvalue weighted by Crippen LogP contribution is -2.44. The number of benzene rings is 1. The zero-order chi connectivity index (χ0) is 20.2. The smallest absolute Gasteiger partial charge is 0.132 e. The third-order valence-electron chi connectivity index (χ3n) is 7.16. The van der Waals surface area contributed by atoms with Crippen LogP contribution in [0.25, 0.3) is 0 Å². The van der Waals surface area contributed by atoms with E-state index in [1.54, 1.807) is 6.33 Å². The lowest BCUT2D eigenvalue weighted by molar-refractivity contribution is -0.0147. The Morgan fingerprint density at radius 2 is 1.97 bits per heavy atom. The molecule has 30 heavy (non-hydrogen) atoms. The van der Waals surface area contributed by atoms with Crippen LogP contribution in [0.3, 0.4) is 0 Å². The Labute approximate surface area is 177 Å². The van der Waals surface area contributed by atoms with Gasteiger partial charge in [0.1, 0.15) is 23.5 Å². The maximum atomic E-state index is 6.18. The molecule has 1 aromatic carbocycles. The number of piperidine rings is 1. The maximum Gasteiger partial charge on any atom is 0.132 e. The Kier molecular flexibility index (Phi) is 4.18. The number of aromatic nitrogens is 2. The van der Waals surface area contributed by atoms with Crippen molar-refractivity contribution in [3.8, 4) is 5.75 Å². The summed E-state index contributed by atoms with van der Waals surface area (Å²) in [5, 5.41) is 0. The minimum Gasteiger partial charge on any atom is -0.488 e. The maximum absolute atomic E-state index is 6.18. The first kappa shape index (κ1) is 18.4. The lowest BCUT2D eigenvalue weighted by Gasteiger charge is -2.39. The van der Waals surface area contributed by atoms with E-state index in [1.165, 1.54) is 18.4 Å². The number of hydrogen-bond donors (Lipinski definition) is 2. The molecule has 7 heteroatoms. The van der Waals surface area contributed by atoms with Crippen LogP contribution in [0.5, 0.6) is 5.75 Å². The Bertz CT molecular complexity index is 944. The van der Waals surface area contributed by atoms with Crippen molar-refractivity contribution in [2.45, 2.75) is 62.7 Å². The van der Waals surface area contributed by atoms with E-state index in [1.807, 2.05) is 6.07 Å². The van der Waals surface area contributed by atoms with Gasteiger partial charge in [0, 0.05) is 31.3 Å². The zero-order valence-electron chi connectivity index (χ0n) is 17.5. The second-order valence-corrected chi connectivity index (χ2v) is 9.43. The summed E-state index contributed by atoms with van der Waals surface area (Å²) in [6.45, 7) is 5.06. The van der Waals surface area contributed by atoms with E-state index in [4.69, 9.17) is 9.47 Å². The topological polar surface area (TPSA) is 71.5 Å². The van der Waals surface area contributed by atoms with Crippen molar-refractivity contribution >= 4 is 11.5 Å². The Hall–Kier alpha value is -2.38. The van der Waals surface area contributed by atoms with Crippen LogP contribution < -0.4 is 20.5 Å². The van der Waals surface area contributed by atoms with Gasteiger partial charge in [0.2, 0.25) is 0 Å². The van der Waals surface area contributed by atoms with Crippen LogP contribution >= 0.6 is 0 Å². The SMILES string of the molecule is CC1(Oc2ccc3c(c2)[C@H](c2cc(N4CCC5(CCCO5)CC4)ncn2)NN3)CC1. The molecule has 4 aliphatic rings. The van der Waals surface area contributed by atoms with Gasteiger partial charge in [-0.1, -0.05) is 0 Å². The van der Waals surface area contributed by atoms with E-state index >= 15 is 0 Å².